The molecule has 2 aromatic carbocycles. The lowest BCUT2D eigenvalue weighted by atomic mass is 10.0. The number of aromatic nitrogens is 2. The number of aryl methyl sites for hydroxylation is 1. The molecular weight excluding hydrogens is 246 g/mol. The topological polar surface area (TPSA) is 51.8 Å². The van der Waals surface area contributed by atoms with Gasteiger partial charge in [0, 0.05) is 18.1 Å². The molecule has 0 fully saturated rings. The zero-order valence-electron chi connectivity index (χ0n) is 11.5. The van der Waals surface area contributed by atoms with Crippen LogP contribution in [0.5, 0.6) is 0 Å². The number of hydrogen-bond donors (Lipinski definition) is 1. The van der Waals surface area contributed by atoms with Crippen LogP contribution in [0.25, 0.3) is 22.0 Å². The molecule has 0 aliphatic heterocycles. The van der Waals surface area contributed by atoms with E-state index in [-0.39, 0.29) is 0 Å². The minimum atomic E-state index is 0.534. The van der Waals surface area contributed by atoms with Crippen LogP contribution in [-0.4, -0.2) is 9.97 Å². The fraction of sp³-hybridized carbons (Fsp3) is 0.176. The summed E-state index contributed by atoms with van der Waals surface area (Å²) in [5, 5.41) is 2.40. The molecule has 3 aromatic rings. The molecule has 0 bridgehead atoms. The largest absolute Gasteiger partial charge is 0.384 e. The molecular formula is C17H17N3. The molecule has 0 aliphatic rings. The molecule has 0 aliphatic carbocycles. The lowest BCUT2D eigenvalue weighted by Crippen LogP contribution is -2.01. The van der Waals surface area contributed by atoms with E-state index in [1.54, 1.807) is 0 Å². The van der Waals surface area contributed by atoms with Gasteiger partial charge in [0.25, 0.3) is 0 Å². The number of anilines is 1. The van der Waals surface area contributed by atoms with Crippen LogP contribution < -0.4 is 5.73 Å². The first-order chi connectivity index (χ1) is 9.78. The first-order valence-electron chi connectivity index (χ1n) is 6.89. The van der Waals surface area contributed by atoms with E-state index in [1.165, 1.54) is 10.8 Å². The molecule has 3 rings (SSSR count). The van der Waals surface area contributed by atoms with Crippen molar-refractivity contribution in [2.75, 3.05) is 5.73 Å². The van der Waals surface area contributed by atoms with Gasteiger partial charge in [-0.05, 0) is 17.2 Å². The number of benzene rings is 2. The average Bonchev–Trinajstić information content (AvgIpc) is 2.46. The van der Waals surface area contributed by atoms with Gasteiger partial charge < -0.3 is 5.73 Å². The predicted octanol–water partition coefficient (Wildman–Crippen LogP) is 3.83. The molecule has 0 saturated carbocycles. The summed E-state index contributed by atoms with van der Waals surface area (Å²) in [7, 11) is 0. The lowest BCUT2D eigenvalue weighted by Gasteiger charge is -2.08. The Bertz CT molecular complexity index is 745. The normalized spacial score (nSPS) is 10.8. The molecule has 0 radical (unpaired) electrons. The number of hydrogen-bond acceptors (Lipinski definition) is 3. The highest BCUT2D eigenvalue weighted by atomic mass is 14.9. The van der Waals surface area contributed by atoms with Gasteiger partial charge in [-0.1, -0.05) is 49.4 Å². The monoisotopic (exact) mass is 263 g/mol. The number of fused-ring (bicyclic) bond motifs is 1. The molecule has 0 saturated heterocycles. The molecule has 3 nitrogen and oxygen atoms in total. The Morgan fingerprint density at radius 2 is 1.80 bits per heavy atom. The fourth-order valence-electron chi connectivity index (χ4n) is 2.44. The van der Waals surface area contributed by atoms with Crippen LogP contribution in [0.4, 0.5) is 5.82 Å². The highest BCUT2D eigenvalue weighted by Crippen LogP contribution is 2.28. The summed E-state index contributed by atoms with van der Waals surface area (Å²) < 4.78 is 0. The summed E-state index contributed by atoms with van der Waals surface area (Å²) in [6, 6.07) is 16.4. The van der Waals surface area contributed by atoms with Crippen LogP contribution in [-0.2, 0) is 6.42 Å². The number of nitrogens with zero attached hydrogens (tertiary/aromatic N) is 2. The average molecular weight is 263 g/mol. The Morgan fingerprint density at radius 3 is 2.65 bits per heavy atom. The summed E-state index contributed by atoms with van der Waals surface area (Å²) >= 11 is 0. The van der Waals surface area contributed by atoms with Gasteiger partial charge in [-0.3, -0.25) is 0 Å². The predicted molar refractivity (Wildman–Crippen MR) is 83.4 cm³/mol. The lowest BCUT2D eigenvalue weighted by molar-refractivity contribution is 0.839. The van der Waals surface area contributed by atoms with E-state index >= 15 is 0 Å². The molecule has 20 heavy (non-hydrogen) atoms. The van der Waals surface area contributed by atoms with Crippen molar-refractivity contribution in [2.24, 2.45) is 0 Å². The summed E-state index contributed by atoms with van der Waals surface area (Å²) in [4.78, 5) is 8.95. The molecule has 0 spiro atoms. The second-order valence-corrected chi connectivity index (χ2v) is 4.87. The standard InChI is InChI=1S/C17H17N3/c1-2-6-17-19-15(11-16(18)20-17)14-10-5-8-12-7-3-4-9-13(12)14/h3-5,7-11H,2,6H2,1H3,(H2,18,19,20). The van der Waals surface area contributed by atoms with Gasteiger partial charge in [0.1, 0.15) is 11.6 Å². The highest BCUT2D eigenvalue weighted by Gasteiger charge is 2.08. The first-order valence-corrected chi connectivity index (χ1v) is 6.89. The van der Waals surface area contributed by atoms with Crippen molar-refractivity contribution in [3.63, 3.8) is 0 Å². The van der Waals surface area contributed by atoms with Gasteiger partial charge in [0.2, 0.25) is 0 Å². The summed E-state index contributed by atoms with van der Waals surface area (Å²) in [6.07, 6.45) is 1.86. The zero-order chi connectivity index (χ0) is 13.9. The van der Waals surface area contributed by atoms with Crippen LogP contribution >= 0.6 is 0 Å². The third kappa shape index (κ3) is 2.35. The van der Waals surface area contributed by atoms with Crippen molar-refractivity contribution in [3.8, 4) is 11.3 Å². The molecule has 0 amide bonds. The van der Waals surface area contributed by atoms with Gasteiger partial charge in [-0.25, -0.2) is 9.97 Å². The van der Waals surface area contributed by atoms with Crippen molar-refractivity contribution in [1.29, 1.82) is 0 Å². The van der Waals surface area contributed by atoms with Crippen LogP contribution in [0.15, 0.2) is 48.5 Å². The van der Waals surface area contributed by atoms with Crippen molar-refractivity contribution < 1.29 is 0 Å². The molecule has 3 heteroatoms. The molecule has 0 unspecified atom stereocenters. The molecule has 0 atom stereocenters. The maximum absolute atomic E-state index is 5.92. The Hall–Kier alpha value is -2.42. The number of nitrogens with two attached hydrogens (primary N) is 1. The van der Waals surface area contributed by atoms with E-state index in [0.717, 1.165) is 29.9 Å². The van der Waals surface area contributed by atoms with E-state index in [9.17, 15) is 0 Å². The van der Waals surface area contributed by atoms with E-state index < -0.39 is 0 Å². The smallest absolute Gasteiger partial charge is 0.131 e. The summed E-state index contributed by atoms with van der Waals surface area (Å²) in [5.74, 6) is 1.35. The van der Waals surface area contributed by atoms with E-state index in [1.807, 2.05) is 18.2 Å². The second-order valence-electron chi connectivity index (χ2n) is 4.87. The molecule has 100 valence electrons. The van der Waals surface area contributed by atoms with Gasteiger partial charge in [0.15, 0.2) is 0 Å². The Morgan fingerprint density at radius 1 is 1.00 bits per heavy atom. The fourth-order valence-corrected chi connectivity index (χ4v) is 2.44. The van der Waals surface area contributed by atoms with Crippen LogP contribution in [0, 0.1) is 0 Å². The maximum Gasteiger partial charge on any atom is 0.131 e. The van der Waals surface area contributed by atoms with E-state index in [4.69, 9.17) is 5.73 Å². The first kappa shape index (κ1) is 12.6. The van der Waals surface area contributed by atoms with E-state index in [2.05, 4.69) is 47.2 Å². The van der Waals surface area contributed by atoms with Crippen LogP contribution in [0.1, 0.15) is 19.2 Å². The van der Waals surface area contributed by atoms with Crippen molar-refractivity contribution in [1.82, 2.24) is 9.97 Å². The number of nitrogen functional groups attached to an aromatic ring is 1. The van der Waals surface area contributed by atoms with Gasteiger partial charge in [0.05, 0.1) is 5.69 Å². The Kier molecular flexibility index (Phi) is 3.33. The molecule has 1 heterocycles. The van der Waals surface area contributed by atoms with Crippen molar-refractivity contribution in [2.45, 2.75) is 19.8 Å². The third-order valence-electron chi connectivity index (χ3n) is 3.33. The quantitative estimate of drug-likeness (QED) is 0.781. The van der Waals surface area contributed by atoms with E-state index in [0.29, 0.717) is 5.82 Å². The van der Waals surface area contributed by atoms with Crippen molar-refractivity contribution >= 4 is 16.6 Å². The van der Waals surface area contributed by atoms with Gasteiger partial charge >= 0.3 is 0 Å². The van der Waals surface area contributed by atoms with Crippen LogP contribution in [0.3, 0.4) is 0 Å². The summed E-state index contributed by atoms with van der Waals surface area (Å²) in [5.41, 5.74) is 7.93. The second kappa shape index (κ2) is 5.29. The SMILES string of the molecule is CCCc1nc(N)cc(-c2cccc3ccccc23)n1. The molecule has 1 aromatic heterocycles. The zero-order valence-corrected chi connectivity index (χ0v) is 11.5. The van der Waals surface area contributed by atoms with Crippen LogP contribution in [0.2, 0.25) is 0 Å². The Labute approximate surface area is 118 Å². The maximum atomic E-state index is 5.92. The van der Waals surface area contributed by atoms with Gasteiger partial charge in [-0.15, -0.1) is 0 Å². The third-order valence-corrected chi connectivity index (χ3v) is 3.33. The van der Waals surface area contributed by atoms with Crippen molar-refractivity contribution in [3.05, 3.63) is 54.4 Å². The number of rotatable bonds is 3. The minimum absolute atomic E-state index is 0.534. The Balaban J connectivity index is 2.20. The highest BCUT2D eigenvalue weighted by molar-refractivity contribution is 5.95. The molecule has 2 N–H and O–H groups in total. The minimum Gasteiger partial charge on any atom is -0.384 e. The van der Waals surface area contributed by atoms with Gasteiger partial charge in [-0.2, -0.15) is 0 Å². The summed E-state index contributed by atoms with van der Waals surface area (Å²) in [6.45, 7) is 2.12.